The molecule has 0 unspecified atom stereocenters. The summed E-state index contributed by atoms with van der Waals surface area (Å²) in [5, 5.41) is 5.96. The van der Waals surface area contributed by atoms with E-state index >= 15 is 0 Å². The summed E-state index contributed by atoms with van der Waals surface area (Å²) in [7, 11) is 1.35. The van der Waals surface area contributed by atoms with Crippen molar-refractivity contribution in [2.75, 3.05) is 7.11 Å². The van der Waals surface area contributed by atoms with Crippen LogP contribution in [0.2, 0.25) is 0 Å². The highest BCUT2D eigenvalue weighted by atomic mass is 32.1. The van der Waals surface area contributed by atoms with Crippen LogP contribution in [0.5, 0.6) is 0 Å². The molecule has 1 fully saturated rings. The zero-order valence-electron chi connectivity index (χ0n) is 12.2. The van der Waals surface area contributed by atoms with Crippen LogP contribution in [0.25, 0.3) is 0 Å². The molecule has 3 atom stereocenters. The van der Waals surface area contributed by atoms with Gasteiger partial charge in [0.05, 0.1) is 35.7 Å². The fraction of sp³-hybridized carbons (Fsp3) is 0.643. The van der Waals surface area contributed by atoms with Crippen molar-refractivity contribution in [1.29, 1.82) is 0 Å². The quantitative estimate of drug-likeness (QED) is 0.846. The van der Waals surface area contributed by atoms with Gasteiger partial charge in [-0.15, -0.1) is 11.3 Å². The van der Waals surface area contributed by atoms with Gasteiger partial charge in [-0.1, -0.05) is 13.8 Å². The zero-order chi connectivity index (χ0) is 14.9. The molecule has 0 saturated heterocycles. The van der Waals surface area contributed by atoms with Gasteiger partial charge in [0, 0.05) is 11.3 Å². The Hall–Kier alpha value is -1.43. The van der Waals surface area contributed by atoms with E-state index in [1.807, 2.05) is 12.3 Å². The lowest BCUT2D eigenvalue weighted by Gasteiger charge is -2.11. The molecule has 1 heterocycles. The predicted octanol–water partition coefficient (Wildman–Crippen LogP) is 2.25. The number of nitrogens with zero attached hydrogens (tertiary/aromatic N) is 1. The van der Waals surface area contributed by atoms with Gasteiger partial charge in [-0.05, 0) is 13.3 Å². The van der Waals surface area contributed by atoms with Crippen LogP contribution in [0.1, 0.15) is 49.9 Å². The van der Waals surface area contributed by atoms with Crippen molar-refractivity contribution in [3.63, 3.8) is 0 Å². The molecular weight excluding hydrogens is 276 g/mol. The summed E-state index contributed by atoms with van der Waals surface area (Å²) in [4.78, 5) is 27.9. The third-order valence-electron chi connectivity index (χ3n) is 3.47. The summed E-state index contributed by atoms with van der Waals surface area (Å²) in [6, 6.07) is -0.134. The molecule has 5 nitrogen and oxygen atoms in total. The van der Waals surface area contributed by atoms with Crippen molar-refractivity contribution in [2.45, 2.75) is 39.2 Å². The summed E-state index contributed by atoms with van der Waals surface area (Å²) in [6.45, 7) is 6.10. The smallest absolute Gasteiger partial charge is 0.309 e. The van der Waals surface area contributed by atoms with Gasteiger partial charge in [-0.2, -0.15) is 0 Å². The Kier molecular flexibility index (Phi) is 4.42. The van der Waals surface area contributed by atoms with Gasteiger partial charge in [0.1, 0.15) is 0 Å². The highest BCUT2D eigenvalue weighted by Crippen LogP contribution is 2.40. The number of amides is 1. The molecule has 1 aromatic heterocycles. The molecule has 110 valence electrons. The van der Waals surface area contributed by atoms with Crippen LogP contribution in [0.3, 0.4) is 0 Å². The number of thiazole rings is 1. The number of esters is 1. The Labute approximate surface area is 122 Å². The van der Waals surface area contributed by atoms with Crippen LogP contribution in [0.4, 0.5) is 0 Å². The summed E-state index contributed by atoms with van der Waals surface area (Å²) in [5.41, 5.74) is 0.877. The summed E-state index contributed by atoms with van der Waals surface area (Å²) < 4.78 is 4.64. The second-order valence-corrected chi connectivity index (χ2v) is 6.36. The minimum atomic E-state index is -0.298. The molecule has 1 aliphatic carbocycles. The molecule has 20 heavy (non-hydrogen) atoms. The molecule has 6 heteroatoms. The molecule has 1 aliphatic rings. The normalized spacial score (nSPS) is 22.4. The van der Waals surface area contributed by atoms with Crippen LogP contribution < -0.4 is 5.32 Å². The molecule has 1 amide bonds. The van der Waals surface area contributed by atoms with E-state index in [9.17, 15) is 9.59 Å². The van der Waals surface area contributed by atoms with E-state index in [1.54, 1.807) is 11.3 Å². The number of hydrogen-bond donors (Lipinski definition) is 1. The molecule has 0 aliphatic heterocycles. The van der Waals surface area contributed by atoms with Crippen molar-refractivity contribution in [2.24, 2.45) is 11.8 Å². The Morgan fingerprint density at radius 2 is 2.10 bits per heavy atom. The van der Waals surface area contributed by atoms with E-state index in [-0.39, 0.29) is 29.8 Å². The minimum absolute atomic E-state index is 0.0907. The number of carbonyl (C=O) groups excluding carboxylic acids is 2. The number of rotatable bonds is 5. The molecule has 0 spiro atoms. The Morgan fingerprint density at radius 1 is 1.40 bits per heavy atom. The standard InChI is InChI=1S/C14H20N2O3S/c1-7(2)13-16-11(6-20-13)8(3)15-12(17)9-5-10(9)14(18)19-4/h6-10H,5H2,1-4H3,(H,15,17)/t8-,9+,10-/m0/s1. The first-order chi connectivity index (χ1) is 9.43. The molecule has 0 bridgehead atoms. The van der Waals surface area contributed by atoms with E-state index in [1.165, 1.54) is 7.11 Å². The Bertz CT molecular complexity index is 512. The van der Waals surface area contributed by atoms with Crippen molar-refractivity contribution in [3.8, 4) is 0 Å². The molecule has 2 rings (SSSR count). The first kappa shape index (κ1) is 15.0. The maximum absolute atomic E-state index is 12.0. The highest BCUT2D eigenvalue weighted by Gasteiger charge is 2.49. The van der Waals surface area contributed by atoms with Gasteiger partial charge in [0.25, 0.3) is 0 Å². The number of ether oxygens (including phenoxy) is 1. The van der Waals surface area contributed by atoms with Crippen LogP contribution in [-0.2, 0) is 14.3 Å². The second-order valence-electron chi connectivity index (χ2n) is 5.47. The molecule has 1 N–H and O–H groups in total. The van der Waals surface area contributed by atoms with Gasteiger partial charge in [0.2, 0.25) is 5.91 Å². The number of nitrogens with one attached hydrogen (secondary N) is 1. The first-order valence-corrected chi connectivity index (χ1v) is 7.65. The lowest BCUT2D eigenvalue weighted by atomic mass is 10.2. The first-order valence-electron chi connectivity index (χ1n) is 6.77. The van der Waals surface area contributed by atoms with Crippen LogP contribution in [0.15, 0.2) is 5.38 Å². The summed E-state index contributed by atoms with van der Waals surface area (Å²) >= 11 is 1.61. The fourth-order valence-electron chi connectivity index (χ4n) is 2.06. The topological polar surface area (TPSA) is 68.3 Å². The second kappa shape index (κ2) is 5.91. The average Bonchev–Trinajstić information content (AvgIpc) is 3.05. The summed E-state index contributed by atoms with van der Waals surface area (Å²) in [5.74, 6) is -0.508. The number of carbonyl (C=O) groups is 2. The van der Waals surface area contributed by atoms with Crippen LogP contribution in [-0.4, -0.2) is 24.0 Å². The van der Waals surface area contributed by atoms with E-state index < -0.39 is 0 Å². The average molecular weight is 296 g/mol. The van der Waals surface area contributed by atoms with E-state index in [4.69, 9.17) is 0 Å². The van der Waals surface area contributed by atoms with Gasteiger partial charge >= 0.3 is 5.97 Å². The van der Waals surface area contributed by atoms with Crippen molar-refractivity contribution in [3.05, 3.63) is 16.1 Å². The third kappa shape index (κ3) is 3.17. The Morgan fingerprint density at radius 3 is 2.65 bits per heavy atom. The molecule has 0 radical (unpaired) electrons. The summed E-state index contributed by atoms with van der Waals surface area (Å²) in [6.07, 6.45) is 0.583. The number of methoxy groups -OCH3 is 1. The molecule has 1 saturated carbocycles. The van der Waals surface area contributed by atoms with Gasteiger partial charge < -0.3 is 10.1 Å². The van der Waals surface area contributed by atoms with Crippen molar-refractivity contribution < 1.29 is 14.3 Å². The molecule has 1 aromatic rings. The third-order valence-corrected chi connectivity index (χ3v) is 4.63. The van der Waals surface area contributed by atoms with E-state index in [2.05, 4.69) is 28.9 Å². The lowest BCUT2D eigenvalue weighted by Crippen LogP contribution is -2.29. The lowest BCUT2D eigenvalue weighted by molar-refractivity contribution is -0.143. The SMILES string of the molecule is COC(=O)[C@H]1C[C@H]1C(=O)N[C@@H](C)c1csc(C(C)C)n1. The monoisotopic (exact) mass is 296 g/mol. The molecule has 0 aromatic carbocycles. The van der Waals surface area contributed by atoms with Gasteiger partial charge in [-0.3, -0.25) is 9.59 Å². The highest BCUT2D eigenvalue weighted by molar-refractivity contribution is 7.09. The van der Waals surface area contributed by atoms with Gasteiger partial charge in [-0.25, -0.2) is 4.98 Å². The maximum Gasteiger partial charge on any atom is 0.309 e. The fourth-order valence-corrected chi connectivity index (χ4v) is 2.98. The van der Waals surface area contributed by atoms with E-state index in [0.717, 1.165) is 10.7 Å². The molecular formula is C14H20N2O3S. The number of aromatic nitrogens is 1. The number of hydrogen-bond acceptors (Lipinski definition) is 5. The minimum Gasteiger partial charge on any atom is -0.469 e. The van der Waals surface area contributed by atoms with Crippen LogP contribution >= 0.6 is 11.3 Å². The van der Waals surface area contributed by atoms with Crippen LogP contribution in [0, 0.1) is 11.8 Å². The zero-order valence-corrected chi connectivity index (χ0v) is 13.0. The predicted molar refractivity (Wildman–Crippen MR) is 76.4 cm³/mol. The van der Waals surface area contributed by atoms with Crippen molar-refractivity contribution in [1.82, 2.24) is 10.3 Å². The maximum atomic E-state index is 12.0. The van der Waals surface area contributed by atoms with E-state index in [0.29, 0.717) is 12.3 Å². The van der Waals surface area contributed by atoms with Crippen molar-refractivity contribution >= 4 is 23.2 Å². The Balaban J connectivity index is 1.90. The van der Waals surface area contributed by atoms with Gasteiger partial charge in [0.15, 0.2) is 0 Å². The largest absolute Gasteiger partial charge is 0.469 e.